The molecule has 0 aliphatic carbocycles. The van der Waals surface area contributed by atoms with E-state index >= 15 is 0 Å². The van der Waals surface area contributed by atoms with Crippen molar-refractivity contribution >= 4 is 34.6 Å². The molecule has 112 valence electrons. The van der Waals surface area contributed by atoms with Crippen molar-refractivity contribution in [1.29, 1.82) is 0 Å². The number of fused-ring (bicyclic) bond motifs is 1. The summed E-state index contributed by atoms with van der Waals surface area (Å²) in [6.07, 6.45) is 5.22. The maximum Gasteiger partial charge on any atom is 0.273 e. The Morgan fingerprint density at radius 1 is 1.38 bits per heavy atom. The quantitative estimate of drug-likeness (QED) is 0.684. The van der Waals surface area contributed by atoms with Gasteiger partial charge in [0.1, 0.15) is 0 Å². The standard InChI is InChI=1S/C15H17N3O2.ClH/c1-10-13(18(19)20)3-4-14-15(10)12(9-17(14)2)11-5-7-16-8-6-11;/h3-5,9,16H,6-8H2,1-2H3;1H. The van der Waals surface area contributed by atoms with E-state index in [1.165, 1.54) is 5.57 Å². The van der Waals surface area contributed by atoms with Crippen molar-refractivity contribution < 1.29 is 4.92 Å². The lowest BCUT2D eigenvalue weighted by Gasteiger charge is -2.13. The van der Waals surface area contributed by atoms with Gasteiger partial charge < -0.3 is 9.88 Å². The number of nitrogens with one attached hydrogen (secondary N) is 1. The van der Waals surface area contributed by atoms with Gasteiger partial charge in [-0.2, -0.15) is 0 Å². The lowest BCUT2D eigenvalue weighted by Crippen LogP contribution is -2.19. The summed E-state index contributed by atoms with van der Waals surface area (Å²) in [5.41, 5.74) is 4.40. The molecule has 6 heteroatoms. The third-order valence-electron chi connectivity index (χ3n) is 3.99. The normalized spacial score (nSPS) is 14.7. The Labute approximate surface area is 129 Å². The van der Waals surface area contributed by atoms with Gasteiger partial charge in [0.25, 0.3) is 5.69 Å². The molecule has 0 fully saturated rings. The number of hydrogen-bond donors (Lipinski definition) is 1. The van der Waals surface area contributed by atoms with E-state index in [9.17, 15) is 10.1 Å². The lowest BCUT2D eigenvalue weighted by atomic mass is 9.97. The molecule has 0 radical (unpaired) electrons. The second-order valence-corrected chi connectivity index (χ2v) is 5.20. The van der Waals surface area contributed by atoms with Gasteiger partial charge in [-0.25, -0.2) is 0 Å². The monoisotopic (exact) mass is 307 g/mol. The van der Waals surface area contributed by atoms with Gasteiger partial charge in [0.2, 0.25) is 0 Å². The Morgan fingerprint density at radius 3 is 2.76 bits per heavy atom. The maximum absolute atomic E-state index is 11.1. The number of nitro benzene ring substituents is 1. The van der Waals surface area contributed by atoms with E-state index in [2.05, 4.69) is 17.6 Å². The third kappa shape index (κ3) is 2.54. The first kappa shape index (κ1) is 15.5. The zero-order valence-electron chi connectivity index (χ0n) is 12.0. The molecular formula is C15H18ClN3O2. The van der Waals surface area contributed by atoms with Crippen LogP contribution in [0, 0.1) is 17.0 Å². The Hall–Kier alpha value is -1.85. The van der Waals surface area contributed by atoms with Crippen molar-refractivity contribution in [3.63, 3.8) is 0 Å². The summed E-state index contributed by atoms with van der Waals surface area (Å²) in [6, 6.07) is 3.43. The van der Waals surface area contributed by atoms with Crippen molar-refractivity contribution in [2.75, 3.05) is 13.1 Å². The van der Waals surface area contributed by atoms with Crippen LogP contribution < -0.4 is 5.32 Å². The molecule has 2 heterocycles. The molecule has 1 aromatic heterocycles. The van der Waals surface area contributed by atoms with Crippen LogP contribution in [0.5, 0.6) is 0 Å². The molecule has 0 amide bonds. The highest BCUT2D eigenvalue weighted by atomic mass is 35.5. The summed E-state index contributed by atoms with van der Waals surface area (Å²) in [5.74, 6) is 0. The molecule has 5 nitrogen and oxygen atoms in total. The van der Waals surface area contributed by atoms with Crippen LogP contribution in [0.3, 0.4) is 0 Å². The van der Waals surface area contributed by atoms with E-state index < -0.39 is 0 Å². The number of benzene rings is 1. The number of hydrogen-bond acceptors (Lipinski definition) is 3. The smallest absolute Gasteiger partial charge is 0.273 e. The predicted molar refractivity (Wildman–Crippen MR) is 87.0 cm³/mol. The maximum atomic E-state index is 11.1. The topological polar surface area (TPSA) is 60.1 Å². The van der Waals surface area contributed by atoms with Crippen LogP contribution in [-0.4, -0.2) is 22.6 Å². The number of nitrogens with zero attached hydrogens (tertiary/aromatic N) is 2. The Kier molecular flexibility index (Phi) is 4.34. The average Bonchev–Trinajstić information content (AvgIpc) is 2.78. The Balaban J connectivity index is 0.00000161. The number of nitro groups is 1. The largest absolute Gasteiger partial charge is 0.350 e. The Morgan fingerprint density at radius 2 is 2.14 bits per heavy atom. The highest BCUT2D eigenvalue weighted by molar-refractivity contribution is 5.97. The fraction of sp³-hybridized carbons (Fsp3) is 0.333. The van der Waals surface area contributed by atoms with Crippen LogP contribution >= 0.6 is 12.4 Å². The van der Waals surface area contributed by atoms with Gasteiger partial charge in [-0.1, -0.05) is 6.08 Å². The summed E-state index contributed by atoms with van der Waals surface area (Å²) >= 11 is 0. The van der Waals surface area contributed by atoms with Gasteiger partial charge in [0.05, 0.1) is 4.92 Å². The fourth-order valence-electron chi connectivity index (χ4n) is 2.96. The molecule has 2 aromatic rings. The summed E-state index contributed by atoms with van der Waals surface area (Å²) in [5, 5.41) is 15.4. The van der Waals surface area contributed by atoms with E-state index in [0.29, 0.717) is 0 Å². The van der Waals surface area contributed by atoms with Gasteiger partial charge in [0.15, 0.2) is 0 Å². The molecule has 0 atom stereocenters. The SMILES string of the molecule is Cc1c([N+](=O)[O-])ccc2c1c(C1=CCNCC1)cn2C.Cl. The summed E-state index contributed by atoms with van der Waals surface area (Å²) in [6.45, 7) is 3.65. The fourth-order valence-corrected chi connectivity index (χ4v) is 2.96. The lowest BCUT2D eigenvalue weighted by molar-refractivity contribution is -0.385. The molecule has 0 saturated heterocycles. The number of aryl methyl sites for hydroxylation is 2. The highest BCUT2D eigenvalue weighted by Crippen LogP contribution is 2.35. The summed E-state index contributed by atoms with van der Waals surface area (Å²) < 4.78 is 2.05. The second-order valence-electron chi connectivity index (χ2n) is 5.20. The summed E-state index contributed by atoms with van der Waals surface area (Å²) in [4.78, 5) is 10.8. The van der Waals surface area contributed by atoms with Gasteiger partial charge in [-0.05, 0) is 31.5 Å². The molecule has 0 unspecified atom stereocenters. The van der Waals surface area contributed by atoms with Crippen molar-refractivity contribution in [3.05, 3.63) is 45.6 Å². The second kappa shape index (κ2) is 5.87. The predicted octanol–water partition coefficient (Wildman–Crippen LogP) is 3.19. The number of rotatable bonds is 2. The van der Waals surface area contributed by atoms with Crippen molar-refractivity contribution in [2.24, 2.45) is 7.05 Å². The van der Waals surface area contributed by atoms with E-state index in [-0.39, 0.29) is 23.0 Å². The minimum atomic E-state index is -0.303. The number of halogens is 1. The van der Waals surface area contributed by atoms with Crippen LogP contribution in [0.25, 0.3) is 16.5 Å². The molecule has 0 bridgehead atoms. The van der Waals surface area contributed by atoms with Gasteiger partial charge in [-0.15, -0.1) is 12.4 Å². The average molecular weight is 308 g/mol. The van der Waals surface area contributed by atoms with Crippen molar-refractivity contribution in [3.8, 4) is 0 Å². The van der Waals surface area contributed by atoms with E-state index in [0.717, 1.165) is 41.5 Å². The molecular weight excluding hydrogens is 290 g/mol. The van der Waals surface area contributed by atoms with Crippen molar-refractivity contribution in [1.82, 2.24) is 9.88 Å². The number of aromatic nitrogens is 1. The molecule has 0 spiro atoms. The minimum Gasteiger partial charge on any atom is -0.350 e. The van der Waals surface area contributed by atoms with Crippen LogP contribution in [-0.2, 0) is 7.05 Å². The molecule has 3 rings (SSSR count). The molecule has 1 N–H and O–H groups in total. The molecule has 1 aromatic carbocycles. The third-order valence-corrected chi connectivity index (χ3v) is 3.99. The van der Waals surface area contributed by atoms with E-state index in [4.69, 9.17) is 0 Å². The van der Waals surface area contributed by atoms with Crippen LogP contribution in [0.2, 0.25) is 0 Å². The van der Waals surface area contributed by atoms with E-state index in [1.807, 2.05) is 24.6 Å². The minimum absolute atomic E-state index is 0. The van der Waals surface area contributed by atoms with Gasteiger partial charge in [-0.3, -0.25) is 10.1 Å². The molecule has 0 saturated carbocycles. The highest BCUT2D eigenvalue weighted by Gasteiger charge is 2.20. The van der Waals surface area contributed by atoms with Gasteiger partial charge in [0, 0.05) is 47.9 Å². The molecule has 21 heavy (non-hydrogen) atoms. The van der Waals surface area contributed by atoms with Crippen LogP contribution in [0.4, 0.5) is 5.69 Å². The van der Waals surface area contributed by atoms with Crippen molar-refractivity contribution in [2.45, 2.75) is 13.3 Å². The zero-order valence-corrected chi connectivity index (χ0v) is 12.9. The molecule has 1 aliphatic heterocycles. The zero-order chi connectivity index (χ0) is 14.3. The van der Waals surface area contributed by atoms with E-state index in [1.54, 1.807) is 6.07 Å². The summed E-state index contributed by atoms with van der Waals surface area (Å²) in [7, 11) is 1.98. The van der Waals surface area contributed by atoms with Gasteiger partial charge >= 0.3 is 0 Å². The van der Waals surface area contributed by atoms with Crippen LogP contribution in [0.15, 0.2) is 24.4 Å². The first-order chi connectivity index (χ1) is 9.59. The Bertz CT molecular complexity index is 734. The molecule has 1 aliphatic rings. The first-order valence-corrected chi connectivity index (χ1v) is 6.72. The van der Waals surface area contributed by atoms with Crippen LogP contribution in [0.1, 0.15) is 17.5 Å². The first-order valence-electron chi connectivity index (χ1n) is 6.72.